The molecule has 140 valence electrons. The Morgan fingerprint density at radius 3 is 2.41 bits per heavy atom. The Morgan fingerprint density at radius 2 is 1.67 bits per heavy atom. The number of hydrogen-bond donors (Lipinski definition) is 2. The molecular weight excluding hydrogens is 345 g/mol. The molecule has 0 amide bonds. The number of phenolic OH excluding ortho intramolecular Hbond substituents is 1. The van der Waals surface area contributed by atoms with Crippen LogP contribution in [0.3, 0.4) is 0 Å². The van der Waals surface area contributed by atoms with Gasteiger partial charge in [-0.3, -0.25) is 0 Å². The Balaban J connectivity index is 1.81. The molecule has 0 bridgehead atoms. The molecule has 0 aliphatic heterocycles. The molecule has 0 heterocycles. The number of ether oxygens (including phenoxy) is 2. The van der Waals surface area contributed by atoms with Crippen molar-refractivity contribution < 1.29 is 19.0 Å². The number of nitrogens with one attached hydrogen (secondary N) is 1. The molecule has 5 heteroatoms. The summed E-state index contributed by atoms with van der Waals surface area (Å²) in [5.41, 5.74) is 3.06. The van der Waals surface area contributed by atoms with Crippen molar-refractivity contribution in [3.63, 3.8) is 0 Å². The maximum atomic E-state index is 13.7. The van der Waals surface area contributed by atoms with E-state index in [9.17, 15) is 9.50 Å². The second-order valence-electron chi connectivity index (χ2n) is 6.10. The SMILES string of the molecule is COc1ccc(OC)c(-c2ccc(O)c(CNCc3ccccc3F)c2)c1. The Labute approximate surface area is 158 Å². The van der Waals surface area contributed by atoms with Gasteiger partial charge in [-0.25, -0.2) is 4.39 Å². The number of rotatable bonds is 7. The van der Waals surface area contributed by atoms with Crippen molar-refractivity contribution in [2.75, 3.05) is 14.2 Å². The van der Waals surface area contributed by atoms with Crippen LogP contribution in [0.5, 0.6) is 17.2 Å². The Morgan fingerprint density at radius 1 is 0.889 bits per heavy atom. The molecule has 0 radical (unpaired) electrons. The summed E-state index contributed by atoms with van der Waals surface area (Å²) in [6, 6.07) is 17.6. The summed E-state index contributed by atoms with van der Waals surface area (Å²) >= 11 is 0. The number of hydrogen-bond acceptors (Lipinski definition) is 4. The molecule has 4 nitrogen and oxygen atoms in total. The summed E-state index contributed by atoms with van der Waals surface area (Å²) in [4.78, 5) is 0. The molecule has 0 fully saturated rings. The summed E-state index contributed by atoms with van der Waals surface area (Å²) in [5, 5.41) is 13.4. The van der Waals surface area contributed by atoms with Crippen molar-refractivity contribution in [2.45, 2.75) is 13.1 Å². The summed E-state index contributed by atoms with van der Waals surface area (Å²) in [5.74, 6) is 1.37. The van der Waals surface area contributed by atoms with E-state index >= 15 is 0 Å². The largest absolute Gasteiger partial charge is 0.508 e. The van der Waals surface area contributed by atoms with Crippen LogP contribution in [0.2, 0.25) is 0 Å². The van der Waals surface area contributed by atoms with Crippen LogP contribution < -0.4 is 14.8 Å². The lowest BCUT2D eigenvalue weighted by Gasteiger charge is -2.13. The van der Waals surface area contributed by atoms with Crippen molar-refractivity contribution in [1.82, 2.24) is 5.32 Å². The second kappa shape index (κ2) is 8.56. The average Bonchev–Trinajstić information content (AvgIpc) is 2.70. The third kappa shape index (κ3) is 4.38. The van der Waals surface area contributed by atoms with Crippen molar-refractivity contribution in [2.24, 2.45) is 0 Å². The van der Waals surface area contributed by atoms with E-state index in [1.807, 2.05) is 30.3 Å². The number of methoxy groups -OCH3 is 2. The molecule has 3 rings (SSSR count). The van der Waals surface area contributed by atoms with Gasteiger partial charge in [0.25, 0.3) is 0 Å². The summed E-state index contributed by atoms with van der Waals surface area (Å²) < 4.78 is 24.5. The van der Waals surface area contributed by atoms with E-state index in [4.69, 9.17) is 9.47 Å². The quantitative estimate of drug-likeness (QED) is 0.645. The number of aromatic hydroxyl groups is 1. The summed E-state index contributed by atoms with van der Waals surface area (Å²) in [6.07, 6.45) is 0. The molecule has 0 saturated carbocycles. The van der Waals surface area contributed by atoms with Crippen LogP contribution in [-0.2, 0) is 13.1 Å². The van der Waals surface area contributed by atoms with Gasteiger partial charge in [0.2, 0.25) is 0 Å². The van der Waals surface area contributed by atoms with Crippen molar-refractivity contribution in [3.8, 4) is 28.4 Å². The van der Waals surface area contributed by atoms with E-state index in [-0.39, 0.29) is 11.6 Å². The van der Waals surface area contributed by atoms with Crippen molar-refractivity contribution in [3.05, 3.63) is 77.6 Å². The van der Waals surface area contributed by atoms with Crippen LogP contribution in [0, 0.1) is 5.82 Å². The molecule has 0 unspecified atom stereocenters. The third-order valence-corrected chi connectivity index (χ3v) is 4.39. The highest BCUT2D eigenvalue weighted by Gasteiger charge is 2.11. The van der Waals surface area contributed by atoms with E-state index in [0.717, 1.165) is 16.9 Å². The zero-order valence-corrected chi connectivity index (χ0v) is 15.3. The van der Waals surface area contributed by atoms with Gasteiger partial charge in [-0.1, -0.05) is 24.3 Å². The highest BCUT2D eigenvalue weighted by Crippen LogP contribution is 2.35. The number of phenols is 1. The van der Waals surface area contributed by atoms with E-state index in [1.54, 1.807) is 38.5 Å². The Hall–Kier alpha value is -3.05. The van der Waals surface area contributed by atoms with Crippen LogP contribution in [0.15, 0.2) is 60.7 Å². The first-order valence-corrected chi connectivity index (χ1v) is 8.60. The highest BCUT2D eigenvalue weighted by atomic mass is 19.1. The topological polar surface area (TPSA) is 50.7 Å². The fourth-order valence-corrected chi connectivity index (χ4v) is 2.91. The lowest BCUT2D eigenvalue weighted by atomic mass is 10.0. The molecule has 0 aliphatic carbocycles. The number of benzene rings is 3. The first-order chi connectivity index (χ1) is 13.1. The van der Waals surface area contributed by atoms with Crippen LogP contribution in [0.1, 0.15) is 11.1 Å². The zero-order valence-electron chi connectivity index (χ0n) is 15.3. The summed E-state index contributed by atoms with van der Waals surface area (Å²) in [7, 11) is 3.23. The predicted octanol–water partition coefficient (Wildman–Crippen LogP) is 4.51. The molecule has 0 saturated heterocycles. The van der Waals surface area contributed by atoms with Gasteiger partial charge in [0.05, 0.1) is 14.2 Å². The molecule has 0 spiro atoms. The number of halogens is 1. The summed E-state index contributed by atoms with van der Waals surface area (Å²) in [6.45, 7) is 0.777. The lowest BCUT2D eigenvalue weighted by molar-refractivity contribution is 0.404. The molecule has 0 aromatic heterocycles. The van der Waals surface area contributed by atoms with Crippen LogP contribution in [0.25, 0.3) is 11.1 Å². The van der Waals surface area contributed by atoms with Gasteiger partial charge in [-0.15, -0.1) is 0 Å². The molecule has 2 N–H and O–H groups in total. The van der Waals surface area contributed by atoms with Crippen molar-refractivity contribution >= 4 is 0 Å². The molecular formula is C22H22FNO3. The van der Waals surface area contributed by atoms with Gasteiger partial charge in [-0.05, 0) is 42.0 Å². The van der Waals surface area contributed by atoms with Gasteiger partial charge in [-0.2, -0.15) is 0 Å². The average molecular weight is 367 g/mol. The van der Waals surface area contributed by atoms with E-state index in [1.165, 1.54) is 6.07 Å². The third-order valence-electron chi connectivity index (χ3n) is 4.39. The van der Waals surface area contributed by atoms with E-state index in [2.05, 4.69) is 5.32 Å². The van der Waals surface area contributed by atoms with Gasteiger partial charge in [0.1, 0.15) is 23.1 Å². The fourth-order valence-electron chi connectivity index (χ4n) is 2.91. The van der Waals surface area contributed by atoms with Crippen LogP contribution in [-0.4, -0.2) is 19.3 Å². The smallest absolute Gasteiger partial charge is 0.127 e. The molecule has 0 atom stereocenters. The van der Waals surface area contributed by atoms with Crippen molar-refractivity contribution in [1.29, 1.82) is 0 Å². The van der Waals surface area contributed by atoms with Gasteiger partial charge >= 0.3 is 0 Å². The normalized spacial score (nSPS) is 10.6. The Kier molecular flexibility index (Phi) is 5.94. The monoisotopic (exact) mass is 367 g/mol. The van der Waals surface area contributed by atoms with E-state index < -0.39 is 0 Å². The maximum Gasteiger partial charge on any atom is 0.127 e. The molecule has 0 aliphatic rings. The van der Waals surface area contributed by atoms with Crippen LogP contribution >= 0.6 is 0 Å². The first kappa shape index (κ1) is 18.7. The molecule has 27 heavy (non-hydrogen) atoms. The molecule has 3 aromatic carbocycles. The zero-order chi connectivity index (χ0) is 19.2. The second-order valence-corrected chi connectivity index (χ2v) is 6.10. The fraction of sp³-hybridized carbons (Fsp3) is 0.182. The lowest BCUT2D eigenvalue weighted by Crippen LogP contribution is -2.13. The predicted molar refractivity (Wildman–Crippen MR) is 104 cm³/mol. The minimum absolute atomic E-state index is 0.182. The minimum Gasteiger partial charge on any atom is -0.508 e. The Bertz CT molecular complexity index is 927. The minimum atomic E-state index is -0.246. The standard InChI is InChI=1S/C22H22FNO3/c1-26-18-8-10-22(27-2)19(12-18)15-7-9-21(25)17(11-15)14-24-13-16-5-3-4-6-20(16)23/h3-12,24-25H,13-14H2,1-2H3. The van der Waals surface area contributed by atoms with E-state index in [0.29, 0.717) is 30.0 Å². The van der Waals surface area contributed by atoms with Gasteiger partial charge in [0, 0.05) is 29.8 Å². The molecule has 3 aromatic rings. The highest BCUT2D eigenvalue weighted by molar-refractivity contribution is 5.73. The van der Waals surface area contributed by atoms with Gasteiger partial charge < -0.3 is 19.9 Å². The van der Waals surface area contributed by atoms with Crippen LogP contribution in [0.4, 0.5) is 4.39 Å². The van der Waals surface area contributed by atoms with Gasteiger partial charge in [0.15, 0.2) is 0 Å². The maximum absolute atomic E-state index is 13.7. The first-order valence-electron chi connectivity index (χ1n) is 8.60.